The Morgan fingerprint density at radius 2 is 1.96 bits per heavy atom. The maximum Gasteiger partial charge on any atom is 0.257 e. The van der Waals surface area contributed by atoms with Crippen molar-refractivity contribution in [1.82, 2.24) is 15.1 Å². The van der Waals surface area contributed by atoms with Crippen LogP contribution in [0.2, 0.25) is 0 Å². The van der Waals surface area contributed by atoms with Crippen LogP contribution < -0.4 is 5.32 Å². The van der Waals surface area contributed by atoms with Crippen molar-refractivity contribution in [1.29, 1.82) is 0 Å². The summed E-state index contributed by atoms with van der Waals surface area (Å²) in [5, 5.41) is 2.97. The first-order valence-electron chi connectivity index (χ1n) is 9.98. The van der Waals surface area contributed by atoms with Crippen LogP contribution in [0.1, 0.15) is 47.6 Å². The molecule has 2 aromatic rings. The van der Waals surface area contributed by atoms with Gasteiger partial charge < -0.3 is 24.0 Å². The number of carbonyl (C=O) groups excluding carboxylic acids is 2. The van der Waals surface area contributed by atoms with Crippen LogP contribution in [0.3, 0.4) is 0 Å². The van der Waals surface area contributed by atoms with E-state index in [4.69, 9.17) is 8.83 Å². The lowest BCUT2D eigenvalue weighted by Crippen LogP contribution is -2.39. The maximum absolute atomic E-state index is 12.9. The van der Waals surface area contributed by atoms with Gasteiger partial charge in [0.2, 0.25) is 5.91 Å². The molecule has 1 saturated heterocycles. The second-order valence-electron chi connectivity index (χ2n) is 7.20. The molecular weight excluding hydrogens is 358 g/mol. The molecule has 1 N–H and O–H groups in total. The first kappa shape index (κ1) is 20.2. The normalized spacial score (nSPS) is 14.8. The number of aryl methyl sites for hydroxylation is 1. The monoisotopic (exact) mass is 387 g/mol. The molecule has 3 rings (SSSR count). The second-order valence-corrected chi connectivity index (χ2v) is 7.20. The number of nitrogens with zero attached hydrogens (tertiary/aromatic N) is 2. The summed E-state index contributed by atoms with van der Waals surface area (Å²) in [4.78, 5) is 29.1. The van der Waals surface area contributed by atoms with Crippen molar-refractivity contribution in [3.8, 4) is 0 Å². The maximum atomic E-state index is 12.9. The summed E-state index contributed by atoms with van der Waals surface area (Å²) in [5.74, 6) is 1.04. The van der Waals surface area contributed by atoms with Gasteiger partial charge in [-0.15, -0.1) is 0 Å². The highest BCUT2D eigenvalue weighted by molar-refractivity contribution is 5.95. The molecular formula is C21H29N3O4. The fourth-order valence-corrected chi connectivity index (χ4v) is 3.48. The Bertz CT molecular complexity index is 748. The van der Waals surface area contributed by atoms with Crippen molar-refractivity contribution in [2.75, 3.05) is 32.7 Å². The minimum atomic E-state index is -0.163. The van der Waals surface area contributed by atoms with Gasteiger partial charge in [-0.05, 0) is 51.1 Å². The molecule has 1 fully saturated rings. The zero-order chi connectivity index (χ0) is 19.8. The Balaban J connectivity index is 1.50. The summed E-state index contributed by atoms with van der Waals surface area (Å²) < 4.78 is 10.6. The number of rotatable bonds is 9. The molecule has 28 heavy (non-hydrogen) atoms. The van der Waals surface area contributed by atoms with E-state index in [1.807, 2.05) is 6.07 Å². The molecule has 2 amide bonds. The molecule has 7 heteroatoms. The van der Waals surface area contributed by atoms with Crippen LogP contribution in [-0.4, -0.2) is 54.3 Å². The Hall–Kier alpha value is -2.54. The molecule has 3 heterocycles. The number of nitrogens with one attached hydrogen (secondary N) is 1. The number of likely N-dealkylation sites (tertiary alicyclic amines) is 1. The van der Waals surface area contributed by atoms with Gasteiger partial charge in [-0.3, -0.25) is 9.59 Å². The SMILES string of the molecule is Cc1occc1C(=O)N(CCC(=O)NCCN1CCCCC1)Cc1ccco1. The summed E-state index contributed by atoms with van der Waals surface area (Å²) in [6.07, 6.45) is 7.12. The molecule has 0 spiro atoms. The molecule has 0 aliphatic carbocycles. The Morgan fingerprint density at radius 1 is 1.14 bits per heavy atom. The van der Waals surface area contributed by atoms with Crippen LogP contribution in [-0.2, 0) is 11.3 Å². The van der Waals surface area contributed by atoms with E-state index in [0.29, 0.717) is 36.7 Å². The van der Waals surface area contributed by atoms with Gasteiger partial charge in [-0.2, -0.15) is 0 Å². The van der Waals surface area contributed by atoms with Crippen molar-refractivity contribution in [2.24, 2.45) is 0 Å². The van der Waals surface area contributed by atoms with E-state index in [2.05, 4.69) is 10.2 Å². The highest BCUT2D eigenvalue weighted by Crippen LogP contribution is 2.15. The Morgan fingerprint density at radius 3 is 2.64 bits per heavy atom. The lowest BCUT2D eigenvalue weighted by molar-refractivity contribution is -0.121. The van der Waals surface area contributed by atoms with Crippen molar-refractivity contribution >= 4 is 11.8 Å². The summed E-state index contributed by atoms with van der Waals surface area (Å²) in [5.41, 5.74) is 0.511. The highest BCUT2D eigenvalue weighted by Gasteiger charge is 2.21. The van der Waals surface area contributed by atoms with Crippen molar-refractivity contribution < 1.29 is 18.4 Å². The van der Waals surface area contributed by atoms with E-state index in [1.165, 1.54) is 25.5 Å². The van der Waals surface area contributed by atoms with E-state index in [1.54, 1.807) is 30.2 Å². The summed E-state index contributed by atoms with van der Waals surface area (Å²) >= 11 is 0. The topological polar surface area (TPSA) is 78.9 Å². The molecule has 0 unspecified atom stereocenters. The molecule has 0 radical (unpaired) electrons. The molecule has 0 bridgehead atoms. The summed E-state index contributed by atoms with van der Waals surface area (Å²) in [7, 11) is 0. The lowest BCUT2D eigenvalue weighted by atomic mass is 10.1. The smallest absolute Gasteiger partial charge is 0.257 e. The fraction of sp³-hybridized carbons (Fsp3) is 0.524. The molecule has 2 aromatic heterocycles. The van der Waals surface area contributed by atoms with E-state index in [9.17, 15) is 9.59 Å². The van der Waals surface area contributed by atoms with E-state index >= 15 is 0 Å². The van der Waals surface area contributed by atoms with E-state index in [-0.39, 0.29) is 18.2 Å². The molecule has 0 aromatic carbocycles. The second kappa shape index (κ2) is 10.1. The van der Waals surface area contributed by atoms with Gasteiger partial charge in [0.25, 0.3) is 5.91 Å². The fourth-order valence-electron chi connectivity index (χ4n) is 3.48. The number of hydrogen-bond acceptors (Lipinski definition) is 5. The van der Waals surface area contributed by atoms with Crippen molar-refractivity contribution in [2.45, 2.75) is 39.2 Å². The first-order chi connectivity index (χ1) is 13.6. The number of amides is 2. The molecule has 1 aliphatic rings. The summed E-state index contributed by atoms with van der Waals surface area (Å²) in [6.45, 7) is 6.15. The van der Waals surface area contributed by atoms with E-state index < -0.39 is 0 Å². The number of piperidine rings is 1. The third kappa shape index (κ3) is 5.73. The van der Waals surface area contributed by atoms with Gasteiger partial charge in [0.05, 0.1) is 24.6 Å². The van der Waals surface area contributed by atoms with Gasteiger partial charge in [0, 0.05) is 26.1 Å². The number of carbonyl (C=O) groups is 2. The van der Waals surface area contributed by atoms with Gasteiger partial charge >= 0.3 is 0 Å². The van der Waals surface area contributed by atoms with Gasteiger partial charge in [-0.25, -0.2) is 0 Å². The van der Waals surface area contributed by atoms with E-state index in [0.717, 1.165) is 19.6 Å². The van der Waals surface area contributed by atoms with Gasteiger partial charge in [0.1, 0.15) is 11.5 Å². The van der Waals surface area contributed by atoms with Crippen LogP contribution in [0.15, 0.2) is 39.6 Å². The predicted molar refractivity (Wildman–Crippen MR) is 105 cm³/mol. The molecule has 0 atom stereocenters. The van der Waals surface area contributed by atoms with Crippen molar-refractivity contribution in [3.63, 3.8) is 0 Å². The predicted octanol–water partition coefficient (Wildman–Crippen LogP) is 2.82. The largest absolute Gasteiger partial charge is 0.469 e. The number of furan rings is 2. The van der Waals surface area contributed by atoms with Crippen LogP contribution in [0.4, 0.5) is 0 Å². The van der Waals surface area contributed by atoms with Crippen LogP contribution in [0, 0.1) is 6.92 Å². The Kier molecular flexibility index (Phi) is 7.31. The average Bonchev–Trinajstić information content (AvgIpc) is 3.37. The average molecular weight is 387 g/mol. The standard InChI is InChI=1S/C21H29N3O4/c1-17-19(8-15-27-17)21(26)24(16-18-6-5-14-28-18)12-7-20(25)22-9-13-23-10-3-2-4-11-23/h5-6,8,14-15H,2-4,7,9-13,16H2,1H3,(H,22,25). The molecule has 0 saturated carbocycles. The minimum absolute atomic E-state index is 0.0434. The quantitative estimate of drug-likeness (QED) is 0.716. The summed E-state index contributed by atoms with van der Waals surface area (Å²) in [6, 6.07) is 5.26. The third-order valence-corrected chi connectivity index (χ3v) is 5.11. The number of hydrogen-bond donors (Lipinski definition) is 1. The molecule has 1 aliphatic heterocycles. The van der Waals surface area contributed by atoms with Crippen LogP contribution in [0.5, 0.6) is 0 Å². The lowest BCUT2D eigenvalue weighted by Gasteiger charge is -2.26. The van der Waals surface area contributed by atoms with Crippen LogP contribution >= 0.6 is 0 Å². The van der Waals surface area contributed by atoms with Gasteiger partial charge in [-0.1, -0.05) is 6.42 Å². The molecule has 7 nitrogen and oxygen atoms in total. The van der Waals surface area contributed by atoms with Crippen LogP contribution in [0.25, 0.3) is 0 Å². The van der Waals surface area contributed by atoms with Gasteiger partial charge in [0.15, 0.2) is 0 Å². The highest BCUT2D eigenvalue weighted by atomic mass is 16.3. The minimum Gasteiger partial charge on any atom is -0.469 e. The first-order valence-corrected chi connectivity index (χ1v) is 9.98. The third-order valence-electron chi connectivity index (χ3n) is 5.11. The van der Waals surface area contributed by atoms with Crippen molar-refractivity contribution in [3.05, 3.63) is 47.8 Å². The Labute approximate surface area is 165 Å². The molecule has 152 valence electrons. The zero-order valence-electron chi connectivity index (χ0n) is 16.5. The zero-order valence-corrected chi connectivity index (χ0v) is 16.5.